The molecule has 0 heterocycles. The van der Waals surface area contributed by atoms with Gasteiger partial charge in [-0.15, -0.1) is 0 Å². The van der Waals surface area contributed by atoms with Gasteiger partial charge >= 0.3 is 23.1 Å². The van der Waals surface area contributed by atoms with E-state index in [0.717, 1.165) is 12.3 Å². The Bertz CT molecular complexity index is 39.9. The predicted octanol–water partition coefficient (Wildman–Crippen LogP) is -0.730. The molecule has 0 spiro atoms. The van der Waals surface area contributed by atoms with E-state index >= 15 is 0 Å². The van der Waals surface area contributed by atoms with Crippen molar-refractivity contribution in [2.24, 2.45) is 5.92 Å². The standard InChI is InChI=1S/C7H15.BrH.Mg/c1-4-6-7(3)5-2;;/h7H,1,4-6H2,2-3H3;1H;/q-1;;+2/p-1/t7-;;/m1../s1. The molecule has 0 unspecified atom stereocenters. The van der Waals surface area contributed by atoms with Gasteiger partial charge in [-0.1, -0.05) is 26.7 Å². The van der Waals surface area contributed by atoms with Gasteiger partial charge in [0.05, 0.1) is 0 Å². The van der Waals surface area contributed by atoms with Gasteiger partial charge in [-0.2, -0.15) is 6.42 Å². The first-order valence-corrected chi connectivity index (χ1v) is 3.10. The molecule has 0 amide bonds. The first kappa shape index (κ1) is 16.7. The molecule has 0 aliphatic carbocycles. The van der Waals surface area contributed by atoms with Gasteiger partial charge in [-0.05, 0) is 5.92 Å². The van der Waals surface area contributed by atoms with Gasteiger partial charge in [-0.3, -0.25) is 0 Å². The zero-order valence-corrected chi connectivity index (χ0v) is 9.49. The van der Waals surface area contributed by atoms with E-state index in [1.807, 2.05) is 0 Å². The van der Waals surface area contributed by atoms with Crippen molar-refractivity contribution >= 4 is 23.1 Å². The van der Waals surface area contributed by atoms with E-state index in [-0.39, 0.29) is 40.0 Å². The summed E-state index contributed by atoms with van der Waals surface area (Å²) in [5.74, 6) is 0.887. The van der Waals surface area contributed by atoms with Crippen LogP contribution in [0.15, 0.2) is 0 Å². The number of halogens is 1. The summed E-state index contributed by atoms with van der Waals surface area (Å²) in [7, 11) is 0. The normalized spacial score (nSPS) is 11.0. The minimum Gasteiger partial charge on any atom is -1.00 e. The summed E-state index contributed by atoms with van der Waals surface area (Å²) in [5, 5.41) is 0. The maximum Gasteiger partial charge on any atom is 2.00 e. The molecular formula is C7H15BrMg. The second-order valence-corrected chi connectivity index (χ2v) is 2.16. The maximum atomic E-state index is 3.77. The second-order valence-electron chi connectivity index (χ2n) is 2.16. The first-order valence-electron chi connectivity index (χ1n) is 3.10. The quantitative estimate of drug-likeness (QED) is 0.419. The van der Waals surface area contributed by atoms with Crippen LogP contribution in [0.5, 0.6) is 0 Å². The average molecular weight is 203 g/mol. The van der Waals surface area contributed by atoms with Gasteiger partial charge < -0.3 is 23.9 Å². The fourth-order valence-corrected chi connectivity index (χ4v) is 0.553. The second kappa shape index (κ2) is 12.0. The minimum atomic E-state index is 0. The molecule has 0 fully saturated rings. The summed E-state index contributed by atoms with van der Waals surface area (Å²) in [5.41, 5.74) is 0. The smallest absolute Gasteiger partial charge is 1.00 e. The molecule has 0 aromatic rings. The Morgan fingerprint density at radius 3 is 2.00 bits per heavy atom. The number of hydrogen-bond acceptors (Lipinski definition) is 0. The molecular weight excluding hydrogens is 188 g/mol. The Morgan fingerprint density at radius 2 is 1.89 bits per heavy atom. The van der Waals surface area contributed by atoms with Crippen LogP contribution in [0.3, 0.4) is 0 Å². The third kappa shape index (κ3) is 12.4. The van der Waals surface area contributed by atoms with Crippen molar-refractivity contribution in [2.75, 3.05) is 0 Å². The molecule has 1 atom stereocenters. The Balaban J connectivity index is -0.000000180. The SMILES string of the molecule is [Br-].[CH2-]CC[C@H](C)CC.[Mg+2]. The van der Waals surface area contributed by atoms with E-state index in [0.29, 0.717) is 0 Å². The first-order chi connectivity index (χ1) is 3.31. The van der Waals surface area contributed by atoms with Crippen molar-refractivity contribution < 1.29 is 17.0 Å². The Hall–Kier alpha value is 1.25. The number of hydrogen-bond donors (Lipinski definition) is 0. The molecule has 0 aromatic heterocycles. The minimum absolute atomic E-state index is 0. The average Bonchev–Trinajstić information content (AvgIpc) is 1.68. The van der Waals surface area contributed by atoms with E-state index in [1.165, 1.54) is 12.8 Å². The molecule has 0 aliphatic rings. The topological polar surface area (TPSA) is 0 Å². The van der Waals surface area contributed by atoms with Crippen LogP contribution in [-0.2, 0) is 0 Å². The Morgan fingerprint density at radius 1 is 1.44 bits per heavy atom. The van der Waals surface area contributed by atoms with Crippen molar-refractivity contribution in [1.29, 1.82) is 0 Å². The van der Waals surface area contributed by atoms with Crippen LogP contribution >= 0.6 is 0 Å². The van der Waals surface area contributed by atoms with Gasteiger partial charge in [0.15, 0.2) is 0 Å². The number of rotatable bonds is 3. The van der Waals surface area contributed by atoms with Crippen molar-refractivity contribution in [3.8, 4) is 0 Å². The summed E-state index contributed by atoms with van der Waals surface area (Å²) in [4.78, 5) is 0. The fraction of sp³-hybridized carbons (Fsp3) is 0.857. The van der Waals surface area contributed by atoms with Crippen molar-refractivity contribution in [1.82, 2.24) is 0 Å². The van der Waals surface area contributed by atoms with Gasteiger partial charge in [0.2, 0.25) is 0 Å². The van der Waals surface area contributed by atoms with E-state index in [4.69, 9.17) is 0 Å². The van der Waals surface area contributed by atoms with Crippen LogP contribution in [0.25, 0.3) is 0 Å². The van der Waals surface area contributed by atoms with Gasteiger partial charge in [0.25, 0.3) is 0 Å². The third-order valence-corrected chi connectivity index (χ3v) is 1.39. The van der Waals surface area contributed by atoms with E-state index < -0.39 is 0 Å². The van der Waals surface area contributed by atoms with E-state index in [2.05, 4.69) is 20.8 Å². The van der Waals surface area contributed by atoms with Crippen LogP contribution in [0.2, 0.25) is 0 Å². The summed E-state index contributed by atoms with van der Waals surface area (Å²) >= 11 is 0. The van der Waals surface area contributed by atoms with Crippen molar-refractivity contribution in [3.05, 3.63) is 6.92 Å². The zero-order chi connectivity index (χ0) is 5.70. The Labute approximate surface area is 85.7 Å². The van der Waals surface area contributed by atoms with Gasteiger partial charge in [0.1, 0.15) is 0 Å². The Kier molecular flexibility index (Phi) is 22.2. The molecule has 9 heavy (non-hydrogen) atoms. The predicted molar refractivity (Wildman–Crippen MR) is 39.8 cm³/mol. The molecule has 0 aliphatic heterocycles. The van der Waals surface area contributed by atoms with Crippen LogP contribution in [-0.4, -0.2) is 23.1 Å². The summed E-state index contributed by atoms with van der Waals surface area (Å²) in [6, 6.07) is 0. The van der Waals surface area contributed by atoms with E-state index in [9.17, 15) is 0 Å². The van der Waals surface area contributed by atoms with Crippen molar-refractivity contribution in [3.63, 3.8) is 0 Å². The molecule has 0 rings (SSSR count). The molecule has 0 radical (unpaired) electrons. The molecule has 0 aromatic carbocycles. The molecule has 0 nitrogen and oxygen atoms in total. The monoisotopic (exact) mass is 202 g/mol. The van der Waals surface area contributed by atoms with Gasteiger partial charge in [0, 0.05) is 0 Å². The van der Waals surface area contributed by atoms with E-state index in [1.54, 1.807) is 0 Å². The third-order valence-electron chi connectivity index (χ3n) is 1.39. The summed E-state index contributed by atoms with van der Waals surface area (Å²) < 4.78 is 0. The molecule has 0 N–H and O–H groups in total. The largest absolute Gasteiger partial charge is 2.00 e. The molecule has 0 saturated carbocycles. The van der Waals surface area contributed by atoms with Gasteiger partial charge in [-0.25, -0.2) is 0 Å². The summed E-state index contributed by atoms with van der Waals surface area (Å²) in [6.07, 6.45) is 3.68. The molecule has 0 bridgehead atoms. The fourth-order valence-electron chi connectivity index (χ4n) is 0.553. The zero-order valence-electron chi connectivity index (χ0n) is 6.49. The van der Waals surface area contributed by atoms with Crippen LogP contribution in [0.4, 0.5) is 0 Å². The van der Waals surface area contributed by atoms with Crippen LogP contribution < -0.4 is 17.0 Å². The summed E-state index contributed by atoms with van der Waals surface area (Å²) in [6.45, 7) is 8.27. The molecule has 2 heteroatoms. The van der Waals surface area contributed by atoms with Crippen molar-refractivity contribution in [2.45, 2.75) is 33.1 Å². The molecule has 52 valence electrons. The maximum absolute atomic E-state index is 3.77. The van der Waals surface area contributed by atoms with Crippen LogP contribution in [0, 0.1) is 12.8 Å². The molecule has 0 saturated heterocycles. The van der Waals surface area contributed by atoms with Crippen LogP contribution in [0.1, 0.15) is 33.1 Å².